The second-order valence-corrected chi connectivity index (χ2v) is 2.76. The van der Waals surface area contributed by atoms with E-state index in [1.807, 2.05) is 0 Å². The van der Waals surface area contributed by atoms with Crippen LogP contribution in [0, 0.1) is 0 Å². The van der Waals surface area contributed by atoms with Gasteiger partial charge in [-0.3, -0.25) is 0 Å². The van der Waals surface area contributed by atoms with Crippen LogP contribution < -0.4 is 5.32 Å². The molecule has 1 atom stereocenters. The zero-order chi connectivity index (χ0) is 10.6. The molecule has 0 saturated carbocycles. The van der Waals surface area contributed by atoms with E-state index in [0.29, 0.717) is 0 Å². The van der Waals surface area contributed by atoms with Crippen molar-refractivity contribution in [3.8, 4) is 0 Å². The minimum absolute atomic E-state index is 0.240. The molecule has 0 aromatic heterocycles. The molecular weight excluding hydrogens is 198 g/mol. The normalized spacial score (nSPS) is 14.0. The van der Waals surface area contributed by atoms with Gasteiger partial charge in [0, 0.05) is 6.54 Å². The monoisotopic (exact) mass is 207 g/mol. The van der Waals surface area contributed by atoms with Crippen LogP contribution in [0.2, 0.25) is 0 Å². The average Bonchev–Trinajstić information content (AvgIpc) is 2.14. The van der Waals surface area contributed by atoms with E-state index in [1.165, 1.54) is 12.1 Å². The smallest absolute Gasteiger partial charge is 0.241 e. The summed E-state index contributed by atoms with van der Waals surface area (Å²) < 4.78 is 48.1. The van der Waals surface area contributed by atoms with Crippen molar-refractivity contribution in [3.63, 3.8) is 0 Å². The summed E-state index contributed by atoms with van der Waals surface area (Å²) in [5.74, 6) is 0. The Balaban J connectivity index is 2.48. The topological polar surface area (TPSA) is 12.0 Å². The summed E-state index contributed by atoms with van der Waals surface area (Å²) in [6, 6.07) is 7.73. The molecule has 0 unspecified atom stereocenters. The van der Waals surface area contributed by atoms with Crippen LogP contribution >= 0.6 is 0 Å². The van der Waals surface area contributed by atoms with Crippen LogP contribution in [-0.2, 0) is 0 Å². The van der Waals surface area contributed by atoms with Crippen LogP contribution in [0.5, 0.6) is 0 Å². The van der Waals surface area contributed by atoms with Crippen LogP contribution in [0.3, 0.4) is 0 Å². The first kappa shape index (κ1) is 11.0. The summed E-state index contributed by atoms with van der Waals surface area (Å²) in [6.07, 6.45) is -6.17. The predicted molar refractivity (Wildman–Crippen MR) is 44.3 cm³/mol. The fraction of sp³-hybridized carbons (Fsp3) is 0.333. The van der Waals surface area contributed by atoms with Crippen molar-refractivity contribution < 1.29 is 17.6 Å². The zero-order valence-electron chi connectivity index (χ0n) is 7.18. The molecule has 5 heteroatoms. The molecule has 0 amide bonds. The lowest BCUT2D eigenvalue weighted by atomic mass is 10.1. The quantitative estimate of drug-likeness (QED) is 0.593. The summed E-state index contributed by atoms with van der Waals surface area (Å²) >= 11 is 0. The summed E-state index contributed by atoms with van der Waals surface area (Å²) in [7, 11) is 0. The van der Waals surface area contributed by atoms with Gasteiger partial charge in [-0.05, 0) is 5.56 Å². The Labute approximate surface area is 78.7 Å². The molecule has 0 aliphatic heterocycles. The Morgan fingerprint density at radius 2 is 1.71 bits per heavy atom. The van der Waals surface area contributed by atoms with Crippen molar-refractivity contribution in [3.05, 3.63) is 35.9 Å². The zero-order valence-corrected chi connectivity index (χ0v) is 7.18. The second-order valence-electron chi connectivity index (χ2n) is 2.76. The molecule has 1 aromatic rings. The average molecular weight is 207 g/mol. The van der Waals surface area contributed by atoms with Crippen LogP contribution in [0.1, 0.15) is 11.7 Å². The maximum absolute atomic E-state index is 13.1. The van der Waals surface area contributed by atoms with E-state index < -0.39 is 19.0 Å². The van der Waals surface area contributed by atoms with Crippen molar-refractivity contribution in [1.82, 2.24) is 5.32 Å². The molecule has 0 fully saturated rings. The van der Waals surface area contributed by atoms with Gasteiger partial charge < -0.3 is 0 Å². The van der Waals surface area contributed by atoms with E-state index in [2.05, 4.69) is 0 Å². The summed E-state index contributed by atoms with van der Waals surface area (Å²) in [5.41, 5.74) is 0.240. The van der Waals surface area contributed by atoms with E-state index in [-0.39, 0.29) is 5.56 Å². The first-order valence-electron chi connectivity index (χ1n) is 4.00. The van der Waals surface area contributed by atoms with Crippen molar-refractivity contribution >= 4 is 0 Å². The number of rotatable bonds is 3. The Bertz CT molecular complexity index is 270. The van der Waals surface area contributed by atoms with E-state index in [0.717, 1.165) is 5.32 Å². The van der Waals surface area contributed by atoms with Gasteiger partial charge in [0.2, 0.25) is 0 Å². The molecule has 0 aliphatic carbocycles. The first-order valence-corrected chi connectivity index (χ1v) is 4.00. The molecule has 0 spiro atoms. The van der Waals surface area contributed by atoms with Gasteiger partial charge in [0.25, 0.3) is 0 Å². The highest BCUT2D eigenvalue weighted by molar-refractivity contribution is 5.17. The molecule has 0 saturated heterocycles. The van der Waals surface area contributed by atoms with Crippen molar-refractivity contribution in [2.45, 2.75) is 12.5 Å². The highest BCUT2D eigenvalue weighted by Crippen LogP contribution is 2.18. The summed E-state index contributed by atoms with van der Waals surface area (Å²) in [5, 5.41) is 1.15. The second kappa shape index (κ2) is 4.41. The van der Waals surface area contributed by atoms with Crippen molar-refractivity contribution in [2.75, 3.05) is 6.54 Å². The van der Waals surface area contributed by atoms with E-state index >= 15 is 0 Å². The fourth-order valence-corrected chi connectivity index (χ4v) is 0.985. The Hall–Kier alpha value is -1.10. The lowest BCUT2D eigenvalue weighted by Gasteiger charge is -2.11. The summed E-state index contributed by atoms with van der Waals surface area (Å²) in [4.78, 5) is 0. The third-order valence-electron chi connectivity index (χ3n) is 1.64. The van der Waals surface area contributed by atoms with Crippen LogP contribution in [-0.4, -0.2) is 12.8 Å². The number of nitrogens with one attached hydrogen (secondary N) is 1. The minimum atomic E-state index is -4.53. The van der Waals surface area contributed by atoms with Gasteiger partial charge in [0.15, 0.2) is 0 Å². The van der Waals surface area contributed by atoms with Gasteiger partial charge in [-0.2, -0.15) is 13.2 Å². The van der Waals surface area contributed by atoms with Gasteiger partial charge >= 0.3 is 6.30 Å². The molecule has 1 N–H and O–H groups in total. The number of halogens is 4. The van der Waals surface area contributed by atoms with Crippen LogP contribution in [0.15, 0.2) is 30.3 Å². The minimum Gasteiger partial charge on any atom is -0.241 e. The molecule has 78 valence electrons. The molecule has 14 heavy (non-hydrogen) atoms. The summed E-state index contributed by atoms with van der Waals surface area (Å²) in [6.45, 7) is -0.756. The van der Waals surface area contributed by atoms with Crippen LogP contribution in [0.4, 0.5) is 17.6 Å². The maximum Gasteiger partial charge on any atom is 0.457 e. The molecule has 1 rings (SSSR count). The molecular formula is C9H9F4N. The number of alkyl halides is 4. The highest BCUT2D eigenvalue weighted by atomic mass is 19.4. The Morgan fingerprint density at radius 3 is 2.21 bits per heavy atom. The highest BCUT2D eigenvalue weighted by Gasteiger charge is 2.27. The predicted octanol–water partition coefficient (Wildman–Crippen LogP) is 2.81. The SMILES string of the molecule is F[C@@H](CNC(F)(F)F)c1ccccc1. The molecule has 1 aromatic carbocycles. The van der Waals surface area contributed by atoms with Gasteiger partial charge in [0.1, 0.15) is 6.17 Å². The molecule has 0 aliphatic rings. The molecule has 0 heterocycles. The fourth-order valence-electron chi connectivity index (χ4n) is 0.985. The van der Waals surface area contributed by atoms with Gasteiger partial charge in [-0.15, -0.1) is 0 Å². The number of benzene rings is 1. The third-order valence-corrected chi connectivity index (χ3v) is 1.64. The Morgan fingerprint density at radius 1 is 1.14 bits per heavy atom. The number of hydrogen-bond acceptors (Lipinski definition) is 1. The van der Waals surface area contributed by atoms with Crippen LogP contribution in [0.25, 0.3) is 0 Å². The lowest BCUT2D eigenvalue weighted by molar-refractivity contribution is -0.159. The van der Waals surface area contributed by atoms with Gasteiger partial charge in [0.05, 0.1) is 0 Å². The number of hydrogen-bond donors (Lipinski definition) is 1. The Kier molecular flexibility index (Phi) is 3.46. The van der Waals surface area contributed by atoms with Gasteiger partial charge in [-0.1, -0.05) is 30.3 Å². The maximum atomic E-state index is 13.1. The third kappa shape index (κ3) is 3.74. The van der Waals surface area contributed by atoms with Crippen molar-refractivity contribution in [2.24, 2.45) is 0 Å². The molecule has 1 nitrogen and oxygen atoms in total. The standard InChI is InChI=1S/C9H9F4N/c10-8(6-14-9(11,12)13)7-4-2-1-3-5-7/h1-5,8,14H,6H2/t8-/m0/s1. The van der Waals surface area contributed by atoms with E-state index in [4.69, 9.17) is 0 Å². The molecule has 0 radical (unpaired) electrons. The first-order chi connectivity index (χ1) is 6.49. The lowest BCUT2D eigenvalue weighted by Crippen LogP contribution is -2.34. The van der Waals surface area contributed by atoms with E-state index in [1.54, 1.807) is 18.2 Å². The largest absolute Gasteiger partial charge is 0.457 e. The van der Waals surface area contributed by atoms with E-state index in [9.17, 15) is 17.6 Å². The van der Waals surface area contributed by atoms with Crippen molar-refractivity contribution in [1.29, 1.82) is 0 Å². The molecule has 0 bridgehead atoms. The van der Waals surface area contributed by atoms with Gasteiger partial charge in [-0.25, -0.2) is 9.71 Å².